The van der Waals surface area contributed by atoms with Gasteiger partial charge in [0.25, 0.3) is 0 Å². The minimum Gasteiger partial charge on any atom is -0.454 e. The summed E-state index contributed by atoms with van der Waals surface area (Å²) >= 11 is 0. The number of benzene rings is 1. The number of fused-ring (bicyclic) bond motifs is 1. The fourth-order valence-corrected chi connectivity index (χ4v) is 4.10. The van der Waals surface area contributed by atoms with Gasteiger partial charge in [-0.05, 0) is 48.6 Å². The Labute approximate surface area is 165 Å². The van der Waals surface area contributed by atoms with E-state index in [1.54, 1.807) is 6.20 Å². The first-order valence-corrected chi connectivity index (χ1v) is 10.0. The van der Waals surface area contributed by atoms with Crippen molar-refractivity contribution < 1.29 is 14.3 Å². The van der Waals surface area contributed by atoms with E-state index in [-0.39, 0.29) is 18.4 Å². The smallest absolute Gasteiger partial charge is 0.318 e. The lowest BCUT2D eigenvalue weighted by atomic mass is 9.94. The van der Waals surface area contributed by atoms with Gasteiger partial charge in [0, 0.05) is 31.0 Å². The quantitative estimate of drug-likeness (QED) is 0.813. The topological polar surface area (TPSA) is 63.7 Å². The number of amides is 2. The maximum absolute atomic E-state index is 13.2. The van der Waals surface area contributed by atoms with Crippen molar-refractivity contribution in [1.29, 1.82) is 0 Å². The number of nitrogens with zero attached hydrogens (tertiary/aromatic N) is 2. The second-order valence-electron chi connectivity index (χ2n) is 7.68. The SMILES string of the molecule is CCC1(NC(=O)N(Cc2cccnc2)Cc2ccc3c(c2)OCO3)CCCC1. The van der Waals surface area contributed by atoms with Crippen LogP contribution in [0.4, 0.5) is 4.79 Å². The van der Waals surface area contributed by atoms with Crippen LogP contribution >= 0.6 is 0 Å². The molecular formula is C22H27N3O3. The van der Waals surface area contributed by atoms with Crippen LogP contribution in [0.15, 0.2) is 42.7 Å². The number of nitrogens with one attached hydrogen (secondary N) is 1. The summed E-state index contributed by atoms with van der Waals surface area (Å²) < 4.78 is 10.9. The third kappa shape index (κ3) is 4.06. The van der Waals surface area contributed by atoms with Gasteiger partial charge in [-0.2, -0.15) is 0 Å². The molecule has 1 N–H and O–H groups in total. The van der Waals surface area contributed by atoms with Crippen molar-refractivity contribution in [3.63, 3.8) is 0 Å². The maximum atomic E-state index is 13.2. The molecule has 6 nitrogen and oxygen atoms in total. The first-order valence-electron chi connectivity index (χ1n) is 10.0. The molecule has 0 saturated heterocycles. The van der Waals surface area contributed by atoms with Crippen LogP contribution in [0, 0.1) is 0 Å². The van der Waals surface area contributed by atoms with Gasteiger partial charge in [-0.1, -0.05) is 31.9 Å². The van der Waals surface area contributed by atoms with Crippen LogP contribution in [0.25, 0.3) is 0 Å². The normalized spacial score (nSPS) is 16.8. The Morgan fingerprint density at radius 3 is 2.68 bits per heavy atom. The van der Waals surface area contributed by atoms with Crippen LogP contribution in [0.3, 0.4) is 0 Å². The largest absolute Gasteiger partial charge is 0.454 e. The molecular weight excluding hydrogens is 354 g/mol. The van der Waals surface area contributed by atoms with Gasteiger partial charge in [0.15, 0.2) is 11.5 Å². The summed E-state index contributed by atoms with van der Waals surface area (Å²) in [6.07, 6.45) is 8.99. The number of carbonyl (C=O) groups is 1. The van der Waals surface area contributed by atoms with E-state index in [1.165, 1.54) is 12.8 Å². The van der Waals surface area contributed by atoms with Crippen molar-refractivity contribution in [2.75, 3.05) is 6.79 Å². The Hall–Kier alpha value is -2.76. The second-order valence-corrected chi connectivity index (χ2v) is 7.68. The van der Waals surface area contributed by atoms with Crippen LogP contribution in [-0.2, 0) is 13.1 Å². The Morgan fingerprint density at radius 2 is 1.93 bits per heavy atom. The fraction of sp³-hybridized carbons (Fsp3) is 0.455. The molecule has 2 heterocycles. The van der Waals surface area contributed by atoms with Gasteiger partial charge in [0.1, 0.15) is 0 Å². The molecule has 1 fully saturated rings. The Balaban J connectivity index is 1.53. The average Bonchev–Trinajstić information content (AvgIpc) is 3.37. The van der Waals surface area contributed by atoms with Crippen molar-refractivity contribution in [3.8, 4) is 11.5 Å². The van der Waals surface area contributed by atoms with Crippen LogP contribution < -0.4 is 14.8 Å². The van der Waals surface area contributed by atoms with Crippen LogP contribution in [0.1, 0.15) is 50.2 Å². The Bertz CT molecular complexity index is 819. The molecule has 1 aliphatic carbocycles. The van der Waals surface area contributed by atoms with Gasteiger partial charge in [-0.15, -0.1) is 0 Å². The Kier molecular flexibility index (Phi) is 5.37. The molecule has 148 valence electrons. The summed E-state index contributed by atoms with van der Waals surface area (Å²) in [4.78, 5) is 19.3. The molecule has 2 aromatic rings. The van der Waals surface area contributed by atoms with E-state index in [9.17, 15) is 4.79 Å². The third-order valence-electron chi connectivity index (χ3n) is 5.80. The highest BCUT2D eigenvalue weighted by atomic mass is 16.7. The zero-order chi connectivity index (χ0) is 19.4. The number of rotatable bonds is 6. The molecule has 0 bridgehead atoms. The second kappa shape index (κ2) is 8.09. The minimum atomic E-state index is -0.0703. The first kappa shape index (κ1) is 18.6. The maximum Gasteiger partial charge on any atom is 0.318 e. The van der Waals surface area contributed by atoms with Crippen molar-refractivity contribution >= 4 is 6.03 Å². The van der Waals surface area contributed by atoms with E-state index in [0.29, 0.717) is 13.1 Å². The molecule has 2 amide bonds. The molecule has 1 aliphatic heterocycles. The third-order valence-corrected chi connectivity index (χ3v) is 5.80. The molecule has 0 radical (unpaired) electrons. The number of carbonyl (C=O) groups excluding carboxylic acids is 1. The van der Waals surface area contributed by atoms with Crippen LogP contribution in [-0.4, -0.2) is 28.2 Å². The van der Waals surface area contributed by atoms with Crippen molar-refractivity contribution in [2.24, 2.45) is 0 Å². The fourth-order valence-electron chi connectivity index (χ4n) is 4.10. The monoisotopic (exact) mass is 381 g/mol. The standard InChI is InChI=1S/C22H27N3O3/c1-2-22(9-3-4-10-22)24-21(26)25(15-18-6-5-11-23-13-18)14-17-7-8-19-20(12-17)28-16-27-19/h5-8,11-13H,2-4,9-10,14-16H2,1H3,(H,24,26). The van der Waals surface area contributed by atoms with Crippen molar-refractivity contribution in [2.45, 2.75) is 57.7 Å². The molecule has 6 heteroatoms. The summed E-state index contributed by atoms with van der Waals surface area (Å²) in [5, 5.41) is 3.35. The number of hydrogen-bond acceptors (Lipinski definition) is 4. The molecule has 4 rings (SSSR count). The lowest BCUT2D eigenvalue weighted by Crippen LogP contribution is -2.51. The highest BCUT2D eigenvalue weighted by Gasteiger charge is 2.34. The molecule has 0 atom stereocenters. The van der Waals surface area contributed by atoms with Gasteiger partial charge in [0.2, 0.25) is 6.79 Å². The van der Waals surface area contributed by atoms with Crippen LogP contribution in [0.5, 0.6) is 11.5 Å². The predicted molar refractivity (Wildman–Crippen MR) is 106 cm³/mol. The summed E-state index contributed by atoms with van der Waals surface area (Å²) in [5.74, 6) is 1.49. The van der Waals surface area contributed by atoms with Gasteiger partial charge in [-0.25, -0.2) is 4.79 Å². The van der Waals surface area contributed by atoms with Gasteiger partial charge in [-0.3, -0.25) is 4.98 Å². The van der Waals surface area contributed by atoms with E-state index in [0.717, 1.165) is 41.9 Å². The summed E-state index contributed by atoms with van der Waals surface area (Å²) in [6, 6.07) is 9.72. The number of aromatic nitrogens is 1. The highest BCUT2D eigenvalue weighted by Crippen LogP contribution is 2.34. The number of ether oxygens (including phenoxy) is 2. The lowest BCUT2D eigenvalue weighted by Gasteiger charge is -2.33. The average molecular weight is 381 g/mol. The molecule has 2 aliphatic rings. The zero-order valence-corrected chi connectivity index (χ0v) is 16.3. The molecule has 0 unspecified atom stereocenters. The van der Waals surface area contributed by atoms with E-state index in [4.69, 9.17) is 9.47 Å². The molecule has 28 heavy (non-hydrogen) atoms. The number of urea groups is 1. The van der Waals surface area contributed by atoms with Gasteiger partial charge < -0.3 is 19.7 Å². The molecule has 1 aromatic carbocycles. The molecule has 0 spiro atoms. The highest BCUT2D eigenvalue weighted by molar-refractivity contribution is 5.75. The summed E-state index contributed by atoms with van der Waals surface area (Å²) in [5.41, 5.74) is 1.95. The van der Waals surface area contributed by atoms with E-state index >= 15 is 0 Å². The van der Waals surface area contributed by atoms with Gasteiger partial charge >= 0.3 is 6.03 Å². The van der Waals surface area contributed by atoms with Gasteiger partial charge in [0.05, 0.1) is 0 Å². The molecule has 1 saturated carbocycles. The lowest BCUT2D eigenvalue weighted by molar-refractivity contribution is 0.172. The number of hydrogen-bond donors (Lipinski definition) is 1. The van der Waals surface area contributed by atoms with Crippen molar-refractivity contribution in [1.82, 2.24) is 15.2 Å². The summed E-state index contributed by atoms with van der Waals surface area (Å²) in [7, 11) is 0. The predicted octanol–water partition coefficient (Wildman–Crippen LogP) is 4.24. The summed E-state index contributed by atoms with van der Waals surface area (Å²) in [6.45, 7) is 3.41. The zero-order valence-electron chi connectivity index (χ0n) is 16.3. The Morgan fingerprint density at radius 1 is 1.14 bits per heavy atom. The molecule has 1 aromatic heterocycles. The number of pyridine rings is 1. The van der Waals surface area contributed by atoms with Crippen molar-refractivity contribution in [3.05, 3.63) is 53.9 Å². The van der Waals surface area contributed by atoms with E-state index < -0.39 is 0 Å². The first-order chi connectivity index (χ1) is 13.7. The van der Waals surface area contributed by atoms with Crippen LogP contribution in [0.2, 0.25) is 0 Å². The van der Waals surface area contributed by atoms with E-state index in [2.05, 4.69) is 17.2 Å². The minimum absolute atomic E-state index is 0.0229. The van der Waals surface area contributed by atoms with E-state index in [1.807, 2.05) is 41.4 Å².